The molecule has 0 aliphatic carbocycles. The maximum Gasteiger partial charge on any atom is 0.283 e. The Labute approximate surface area is 73.9 Å². The number of likely N-dealkylation sites (tertiary alicyclic amines) is 1. The molecule has 1 fully saturated rings. The topological polar surface area (TPSA) is 29.5 Å². The standard InChI is InChI=1S/C6H10INO2/c1-10-4-5-2-8(3-5)6(7)9/h5H,2-4H2,1H3. The van der Waals surface area contributed by atoms with Crippen LogP contribution >= 0.6 is 22.6 Å². The zero-order chi connectivity index (χ0) is 7.56. The van der Waals surface area contributed by atoms with E-state index in [1.54, 1.807) is 29.7 Å². The average Bonchev–Trinajstić information content (AvgIpc) is 1.76. The highest BCUT2D eigenvalue weighted by Gasteiger charge is 2.28. The molecule has 1 rings (SSSR count). The Hall–Kier alpha value is 0.160. The lowest BCUT2D eigenvalue weighted by Gasteiger charge is -2.37. The van der Waals surface area contributed by atoms with Crippen LogP contribution in [0.2, 0.25) is 0 Å². The van der Waals surface area contributed by atoms with Crippen LogP contribution in [0.1, 0.15) is 0 Å². The summed E-state index contributed by atoms with van der Waals surface area (Å²) < 4.78 is 5.08. The molecule has 0 spiro atoms. The second kappa shape index (κ2) is 3.52. The zero-order valence-corrected chi connectivity index (χ0v) is 8.00. The van der Waals surface area contributed by atoms with Gasteiger partial charge in [-0.2, -0.15) is 0 Å². The van der Waals surface area contributed by atoms with Gasteiger partial charge >= 0.3 is 0 Å². The lowest BCUT2D eigenvalue weighted by atomic mass is 10.0. The second-order valence-corrected chi connectivity index (χ2v) is 3.40. The predicted octanol–water partition coefficient (Wildman–Crippen LogP) is 1.12. The molecular formula is C6H10INO2. The fraction of sp³-hybridized carbons (Fsp3) is 0.833. The largest absolute Gasteiger partial charge is 0.384 e. The predicted molar refractivity (Wildman–Crippen MR) is 46.4 cm³/mol. The van der Waals surface area contributed by atoms with Crippen LogP contribution in [-0.4, -0.2) is 35.6 Å². The van der Waals surface area contributed by atoms with E-state index in [-0.39, 0.29) is 3.91 Å². The summed E-state index contributed by atoms with van der Waals surface area (Å²) >= 11 is 1.80. The number of carbonyl (C=O) groups is 1. The van der Waals surface area contributed by atoms with Gasteiger partial charge in [-0.3, -0.25) is 4.79 Å². The van der Waals surface area contributed by atoms with E-state index in [9.17, 15) is 4.79 Å². The van der Waals surface area contributed by atoms with Crippen molar-refractivity contribution in [1.29, 1.82) is 0 Å². The molecule has 0 atom stereocenters. The number of methoxy groups -OCH3 is 1. The number of ether oxygens (including phenoxy) is 1. The number of hydrogen-bond acceptors (Lipinski definition) is 2. The van der Waals surface area contributed by atoms with Crippen molar-refractivity contribution >= 4 is 26.5 Å². The van der Waals surface area contributed by atoms with E-state index in [2.05, 4.69) is 0 Å². The summed E-state index contributed by atoms with van der Waals surface area (Å²) in [6.45, 7) is 2.52. The van der Waals surface area contributed by atoms with Crippen molar-refractivity contribution in [3.63, 3.8) is 0 Å². The molecule has 1 aliphatic heterocycles. The van der Waals surface area contributed by atoms with Crippen molar-refractivity contribution < 1.29 is 9.53 Å². The molecule has 1 aliphatic rings. The third kappa shape index (κ3) is 1.82. The highest BCUT2D eigenvalue weighted by Crippen LogP contribution is 2.17. The lowest BCUT2D eigenvalue weighted by molar-refractivity contribution is 0.0647. The first-order valence-electron chi connectivity index (χ1n) is 3.17. The van der Waals surface area contributed by atoms with Crippen molar-refractivity contribution in [3.05, 3.63) is 0 Å². The van der Waals surface area contributed by atoms with Crippen LogP contribution in [-0.2, 0) is 4.74 Å². The SMILES string of the molecule is COCC1CN(C(=O)I)C1. The van der Waals surface area contributed by atoms with E-state index in [1.807, 2.05) is 4.90 Å². The smallest absolute Gasteiger partial charge is 0.283 e. The fourth-order valence-corrected chi connectivity index (χ4v) is 1.45. The molecule has 58 valence electrons. The number of hydrogen-bond donors (Lipinski definition) is 0. The van der Waals surface area contributed by atoms with Gasteiger partial charge in [-0.25, -0.2) is 0 Å². The summed E-state index contributed by atoms with van der Waals surface area (Å²) in [5.74, 6) is 0.573. The molecule has 0 bridgehead atoms. The van der Waals surface area contributed by atoms with E-state index >= 15 is 0 Å². The summed E-state index contributed by atoms with van der Waals surface area (Å²) in [7, 11) is 1.69. The van der Waals surface area contributed by atoms with Crippen molar-refractivity contribution in [2.45, 2.75) is 0 Å². The first-order chi connectivity index (χ1) is 4.74. The monoisotopic (exact) mass is 255 g/mol. The van der Waals surface area contributed by atoms with E-state index in [1.165, 1.54) is 0 Å². The van der Waals surface area contributed by atoms with Crippen molar-refractivity contribution in [1.82, 2.24) is 4.90 Å². The Morgan fingerprint density at radius 3 is 2.80 bits per heavy atom. The van der Waals surface area contributed by atoms with Gasteiger partial charge in [0.1, 0.15) is 0 Å². The van der Waals surface area contributed by atoms with Gasteiger partial charge < -0.3 is 9.64 Å². The van der Waals surface area contributed by atoms with Crippen LogP contribution in [0, 0.1) is 5.92 Å². The van der Waals surface area contributed by atoms with Gasteiger partial charge in [-0.1, -0.05) is 0 Å². The minimum absolute atomic E-state index is 0.143. The molecule has 10 heavy (non-hydrogen) atoms. The Balaban J connectivity index is 2.12. The molecule has 0 radical (unpaired) electrons. The van der Waals surface area contributed by atoms with Crippen LogP contribution in [0.4, 0.5) is 4.79 Å². The molecule has 4 heteroatoms. The number of carbonyl (C=O) groups excluding carboxylic acids is 1. The maximum absolute atomic E-state index is 10.6. The summed E-state index contributed by atoms with van der Waals surface area (Å²) in [5.41, 5.74) is 0. The molecule has 0 aromatic carbocycles. The molecule has 0 aromatic heterocycles. The van der Waals surface area contributed by atoms with E-state index in [0.29, 0.717) is 5.92 Å². The maximum atomic E-state index is 10.6. The van der Waals surface area contributed by atoms with Crippen LogP contribution < -0.4 is 0 Å². The normalized spacial score (nSPS) is 18.8. The third-order valence-electron chi connectivity index (χ3n) is 1.61. The van der Waals surface area contributed by atoms with Crippen LogP contribution in [0.3, 0.4) is 0 Å². The third-order valence-corrected chi connectivity index (χ3v) is 2.29. The molecule has 0 unspecified atom stereocenters. The van der Waals surface area contributed by atoms with Gasteiger partial charge in [-0.05, 0) is 0 Å². The minimum Gasteiger partial charge on any atom is -0.384 e. The van der Waals surface area contributed by atoms with Crippen molar-refractivity contribution in [2.75, 3.05) is 26.8 Å². The van der Waals surface area contributed by atoms with Gasteiger partial charge in [-0.15, -0.1) is 0 Å². The summed E-state index contributed by atoms with van der Waals surface area (Å²) in [6, 6.07) is 0. The molecular weight excluding hydrogens is 245 g/mol. The van der Waals surface area contributed by atoms with Gasteiger partial charge in [0.05, 0.1) is 6.61 Å². The molecule has 1 amide bonds. The van der Waals surface area contributed by atoms with Gasteiger partial charge in [0, 0.05) is 48.7 Å². The molecule has 0 N–H and O–H groups in total. The Kier molecular flexibility index (Phi) is 2.91. The number of amides is 1. The molecule has 0 aromatic rings. The van der Waals surface area contributed by atoms with Gasteiger partial charge in [0.25, 0.3) is 3.91 Å². The minimum atomic E-state index is 0.143. The molecule has 1 saturated heterocycles. The number of nitrogens with zero attached hydrogens (tertiary/aromatic N) is 1. The van der Waals surface area contributed by atoms with Crippen LogP contribution in [0.5, 0.6) is 0 Å². The molecule has 1 heterocycles. The van der Waals surface area contributed by atoms with Crippen molar-refractivity contribution in [2.24, 2.45) is 5.92 Å². The first kappa shape index (κ1) is 8.26. The Bertz CT molecular complexity index is 134. The van der Waals surface area contributed by atoms with E-state index in [0.717, 1.165) is 19.7 Å². The summed E-state index contributed by atoms with van der Waals surface area (Å²) in [5, 5.41) is 0. The fourth-order valence-electron chi connectivity index (χ4n) is 1.05. The molecule has 0 saturated carbocycles. The van der Waals surface area contributed by atoms with Crippen molar-refractivity contribution in [3.8, 4) is 0 Å². The second-order valence-electron chi connectivity index (χ2n) is 2.48. The molecule has 3 nitrogen and oxygen atoms in total. The van der Waals surface area contributed by atoms with Crippen LogP contribution in [0.15, 0.2) is 0 Å². The van der Waals surface area contributed by atoms with Gasteiger partial charge in [0.15, 0.2) is 0 Å². The number of halogens is 1. The summed E-state index contributed by atoms with van der Waals surface area (Å²) in [6.07, 6.45) is 0. The average molecular weight is 255 g/mol. The highest BCUT2D eigenvalue weighted by atomic mass is 127. The van der Waals surface area contributed by atoms with E-state index < -0.39 is 0 Å². The highest BCUT2D eigenvalue weighted by molar-refractivity contribution is 14.1. The van der Waals surface area contributed by atoms with Gasteiger partial charge in [0.2, 0.25) is 0 Å². The van der Waals surface area contributed by atoms with Crippen LogP contribution in [0.25, 0.3) is 0 Å². The summed E-state index contributed by atoms with van der Waals surface area (Å²) in [4.78, 5) is 12.5. The Morgan fingerprint density at radius 1 is 1.80 bits per heavy atom. The Morgan fingerprint density at radius 2 is 2.40 bits per heavy atom. The number of rotatable bonds is 2. The quantitative estimate of drug-likeness (QED) is 0.420. The van der Waals surface area contributed by atoms with E-state index in [4.69, 9.17) is 4.74 Å². The zero-order valence-electron chi connectivity index (χ0n) is 5.84. The lowest BCUT2D eigenvalue weighted by Crippen LogP contribution is -2.49. The first-order valence-corrected chi connectivity index (χ1v) is 4.25.